The number of thiazole rings is 1. The van der Waals surface area contributed by atoms with Gasteiger partial charge in [-0.05, 0) is 18.2 Å². The van der Waals surface area contributed by atoms with Crippen LogP contribution in [0.5, 0.6) is 0 Å². The Hall–Kier alpha value is -1.86. The smallest absolute Gasteiger partial charge is 0.258 e. The number of hydrogen-bond acceptors (Lipinski definition) is 5. The van der Waals surface area contributed by atoms with Gasteiger partial charge in [0.1, 0.15) is 5.82 Å². The molecule has 1 aromatic carbocycles. The Kier molecular flexibility index (Phi) is 3.45. The van der Waals surface area contributed by atoms with Gasteiger partial charge in [-0.15, -0.1) is 23.1 Å². The lowest BCUT2D eigenvalue weighted by atomic mass is 10.3. The lowest BCUT2D eigenvalue weighted by molar-refractivity contribution is 0.627. The highest BCUT2D eigenvalue weighted by Crippen LogP contribution is 2.28. The van der Waals surface area contributed by atoms with E-state index < -0.39 is 0 Å². The fraction of sp³-hybridized carbons (Fsp3) is 0.0769. The van der Waals surface area contributed by atoms with Crippen molar-refractivity contribution >= 4 is 33.7 Å². The third-order valence-corrected chi connectivity index (χ3v) is 4.58. The van der Waals surface area contributed by atoms with Crippen molar-refractivity contribution in [2.75, 3.05) is 5.73 Å². The Bertz CT molecular complexity index is 828. The second-order valence-corrected chi connectivity index (χ2v) is 6.00. The van der Waals surface area contributed by atoms with E-state index in [4.69, 9.17) is 5.73 Å². The Balaban J connectivity index is 1.84. The molecule has 0 amide bonds. The first-order valence-electron chi connectivity index (χ1n) is 5.77. The summed E-state index contributed by atoms with van der Waals surface area (Å²) >= 11 is 2.84. The molecule has 0 saturated heterocycles. The van der Waals surface area contributed by atoms with Gasteiger partial charge in [-0.3, -0.25) is 9.20 Å². The summed E-state index contributed by atoms with van der Waals surface area (Å²) in [6.07, 6.45) is 1.70. The van der Waals surface area contributed by atoms with E-state index in [1.165, 1.54) is 45.7 Å². The molecule has 20 heavy (non-hydrogen) atoms. The van der Waals surface area contributed by atoms with Gasteiger partial charge in [0.25, 0.3) is 5.56 Å². The predicted molar refractivity (Wildman–Crippen MR) is 79.7 cm³/mol. The number of halogens is 1. The van der Waals surface area contributed by atoms with Crippen molar-refractivity contribution in [1.82, 2.24) is 9.38 Å². The molecule has 3 aromatic rings. The minimum absolute atomic E-state index is 0.0982. The van der Waals surface area contributed by atoms with Crippen molar-refractivity contribution in [1.29, 1.82) is 0 Å². The molecule has 2 heterocycles. The average Bonchev–Trinajstić information content (AvgIpc) is 2.86. The van der Waals surface area contributed by atoms with Crippen LogP contribution in [-0.4, -0.2) is 9.38 Å². The summed E-state index contributed by atoms with van der Waals surface area (Å²) in [5, 5.41) is 1.82. The third-order valence-electron chi connectivity index (χ3n) is 2.70. The molecule has 0 aliphatic rings. The molecule has 0 aliphatic heterocycles. The van der Waals surface area contributed by atoms with Crippen LogP contribution in [0.4, 0.5) is 10.1 Å². The zero-order valence-corrected chi connectivity index (χ0v) is 11.9. The molecule has 0 spiro atoms. The van der Waals surface area contributed by atoms with Crippen LogP contribution in [0.2, 0.25) is 0 Å². The van der Waals surface area contributed by atoms with Gasteiger partial charge >= 0.3 is 0 Å². The van der Waals surface area contributed by atoms with E-state index in [-0.39, 0.29) is 11.4 Å². The van der Waals surface area contributed by atoms with Crippen LogP contribution >= 0.6 is 23.1 Å². The number of nitrogens with zero attached hydrogens (tertiary/aromatic N) is 2. The van der Waals surface area contributed by atoms with Crippen LogP contribution in [0.15, 0.2) is 45.5 Å². The van der Waals surface area contributed by atoms with E-state index in [2.05, 4.69) is 4.98 Å². The van der Waals surface area contributed by atoms with E-state index in [0.717, 1.165) is 4.90 Å². The monoisotopic (exact) mass is 307 g/mol. The number of nitrogen functional groups attached to an aromatic ring is 1. The molecule has 0 bridgehead atoms. The van der Waals surface area contributed by atoms with Crippen molar-refractivity contribution in [3.05, 3.63) is 57.7 Å². The molecule has 102 valence electrons. The quantitative estimate of drug-likeness (QED) is 0.597. The van der Waals surface area contributed by atoms with E-state index >= 15 is 0 Å². The third kappa shape index (κ3) is 2.54. The number of benzene rings is 1. The largest absolute Gasteiger partial charge is 0.398 e. The van der Waals surface area contributed by atoms with Gasteiger partial charge in [0.05, 0.1) is 5.69 Å². The summed E-state index contributed by atoms with van der Waals surface area (Å²) in [7, 11) is 0. The summed E-state index contributed by atoms with van der Waals surface area (Å²) < 4.78 is 14.5. The number of fused-ring (bicyclic) bond motifs is 1. The highest BCUT2D eigenvalue weighted by Gasteiger charge is 2.06. The van der Waals surface area contributed by atoms with E-state index in [1.54, 1.807) is 12.3 Å². The van der Waals surface area contributed by atoms with Crippen molar-refractivity contribution in [3.63, 3.8) is 0 Å². The fourth-order valence-corrected chi connectivity index (χ4v) is 3.34. The Morgan fingerprint density at radius 2 is 2.25 bits per heavy atom. The van der Waals surface area contributed by atoms with Gasteiger partial charge in [-0.2, -0.15) is 0 Å². The van der Waals surface area contributed by atoms with Crippen LogP contribution in [0.25, 0.3) is 4.96 Å². The van der Waals surface area contributed by atoms with E-state index in [0.29, 0.717) is 22.1 Å². The first kappa shape index (κ1) is 13.1. The molecule has 0 radical (unpaired) electrons. The summed E-state index contributed by atoms with van der Waals surface area (Å²) in [6.45, 7) is 0. The molecule has 0 saturated carbocycles. The summed E-state index contributed by atoms with van der Waals surface area (Å²) in [5.74, 6) is 0.155. The maximum absolute atomic E-state index is 13.0. The van der Waals surface area contributed by atoms with Gasteiger partial charge in [0, 0.05) is 34.0 Å². The molecule has 0 unspecified atom stereocenters. The van der Waals surface area contributed by atoms with Crippen LogP contribution < -0.4 is 11.3 Å². The van der Waals surface area contributed by atoms with Crippen LogP contribution in [0.1, 0.15) is 5.69 Å². The molecule has 7 heteroatoms. The van der Waals surface area contributed by atoms with Gasteiger partial charge in [-0.1, -0.05) is 0 Å². The number of rotatable bonds is 3. The lowest BCUT2D eigenvalue weighted by Crippen LogP contribution is -2.12. The maximum atomic E-state index is 13.0. The van der Waals surface area contributed by atoms with Gasteiger partial charge < -0.3 is 5.73 Å². The second-order valence-electron chi connectivity index (χ2n) is 4.11. The minimum Gasteiger partial charge on any atom is -0.398 e. The van der Waals surface area contributed by atoms with Gasteiger partial charge in [0.15, 0.2) is 4.96 Å². The Labute approximate surface area is 122 Å². The summed E-state index contributed by atoms with van der Waals surface area (Å²) in [4.78, 5) is 17.7. The topological polar surface area (TPSA) is 60.4 Å². The zero-order chi connectivity index (χ0) is 14.1. The molecular weight excluding hydrogens is 297 g/mol. The van der Waals surface area contributed by atoms with Crippen molar-refractivity contribution in [2.45, 2.75) is 10.6 Å². The molecular formula is C13H10FN3OS2. The molecule has 0 aliphatic carbocycles. The van der Waals surface area contributed by atoms with Gasteiger partial charge in [0.2, 0.25) is 0 Å². The number of aromatic nitrogens is 2. The molecule has 2 aromatic heterocycles. The zero-order valence-electron chi connectivity index (χ0n) is 10.2. The first-order chi connectivity index (χ1) is 9.63. The van der Waals surface area contributed by atoms with E-state index in [9.17, 15) is 9.18 Å². The highest BCUT2D eigenvalue weighted by molar-refractivity contribution is 7.98. The van der Waals surface area contributed by atoms with E-state index in [1.807, 2.05) is 5.38 Å². The predicted octanol–water partition coefficient (Wildman–Crippen LogP) is 2.77. The number of anilines is 1. The summed E-state index contributed by atoms with van der Waals surface area (Å²) in [6, 6.07) is 5.79. The molecule has 4 nitrogen and oxygen atoms in total. The highest BCUT2D eigenvalue weighted by atomic mass is 32.2. The SMILES string of the molecule is Nc1cc(F)ccc1SCc1cc(=O)n2ccsc2n1. The average molecular weight is 307 g/mol. The fourth-order valence-electron chi connectivity index (χ4n) is 1.76. The van der Waals surface area contributed by atoms with Crippen LogP contribution in [0.3, 0.4) is 0 Å². The second kappa shape index (κ2) is 5.26. The minimum atomic E-state index is -0.358. The summed E-state index contributed by atoms with van der Waals surface area (Å²) in [5.41, 5.74) is 6.73. The van der Waals surface area contributed by atoms with Crippen molar-refractivity contribution < 1.29 is 4.39 Å². The molecule has 0 fully saturated rings. The standard InChI is InChI=1S/C13H10FN3OS2/c14-8-1-2-11(10(15)5-8)20-7-9-6-12(18)17-3-4-19-13(17)16-9/h1-6H,7,15H2. The molecule has 3 rings (SSSR count). The normalized spacial score (nSPS) is 11.1. The number of thioether (sulfide) groups is 1. The number of nitrogens with two attached hydrogens (primary N) is 1. The van der Waals surface area contributed by atoms with Crippen molar-refractivity contribution in [2.24, 2.45) is 0 Å². The molecule has 0 atom stereocenters. The van der Waals surface area contributed by atoms with Gasteiger partial charge in [-0.25, -0.2) is 9.37 Å². The van der Waals surface area contributed by atoms with Crippen LogP contribution in [0, 0.1) is 5.82 Å². The lowest BCUT2D eigenvalue weighted by Gasteiger charge is -2.05. The maximum Gasteiger partial charge on any atom is 0.258 e. The first-order valence-corrected chi connectivity index (χ1v) is 7.63. The van der Waals surface area contributed by atoms with Crippen LogP contribution in [-0.2, 0) is 5.75 Å². The van der Waals surface area contributed by atoms with Crippen molar-refractivity contribution in [3.8, 4) is 0 Å². The number of hydrogen-bond donors (Lipinski definition) is 1. The molecule has 2 N–H and O–H groups in total. The Morgan fingerprint density at radius 3 is 3.05 bits per heavy atom. The Morgan fingerprint density at radius 1 is 1.40 bits per heavy atom.